The Bertz CT molecular complexity index is 1100. The molecule has 3 fully saturated rings. The molecular weight excluding hydrogens is 402 g/mol. The maximum Gasteiger partial charge on any atom is 0.177 e. The first-order valence-electron chi connectivity index (χ1n) is 11.6. The summed E-state index contributed by atoms with van der Waals surface area (Å²) < 4.78 is 25.3. The molecular formula is C27H27NO4. The molecule has 2 N–H and O–H groups in total. The molecule has 5 nitrogen and oxygen atoms in total. The first-order chi connectivity index (χ1) is 16.0. The highest BCUT2D eigenvalue weighted by molar-refractivity contribution is 5.50. The van der Waals surface area contributed by atoms with Crippen LogP contribution in [-0.2, 0) is 15.0 Å². The lowest BCUT2D eigenvalue weighted by Crippen LogP contribution is -2.78. The molecule has 2 aliphatic heterocycles. The number of hydrogen-bond donors (Lipinski definition) is 2. The van der Waals surface area contributed by atoms with Crippen LogP contribution in [0.15, 0.2) is 84.9 Å². The summed E-state index contributed by atoms with van der Waals surface area (Å²) in [5.74, 6) is -0.535. The minimum atomic E-state index is -1.15. The molecule has 0 spiro atoms. The van der Waals surface area contributed by atoms with Crippen molar-refractivity contribution in [1.82, 2.24) is 5.32 Å². The first kappa shape index (κ1) is 18.8. The Balaban J connectivity index is 1.46. The van der Waals surface area contributed by atoms with E-state index in [-0.39, 0.29) is 12.0 Å². The van der Waals surface area contributed by atoms with Crippen LogP contribution in [0.3, 0.4) is 0 Å². The Morgan fingerprint density at radius 2 is 1.59 bits per heavy atom. The summed E-state index contributed by atoms with van der Waals surface area (Å²) >= 11 is 0. The van der Waals surface area contributed by atoms with E-state index < -0.39 is 23.5 Å². The molecule has 0 aromatic heterocycles. The monoisotopic (exact) mass is 431 g/mol. The number of hydrogen-bond acceptors (Lipinski definition) is 5. The van der Waals surface area contributed by atoms with Crippen LogP contribution in [0.1, 0.15) is 24.5 Å². The number of rotatable bonds is 7. The molecule has 3 unspecified atom stereocenters. The predicted octanol–water partition coefficient (Wildman–Crippen LogP) is 3.45. The fourth-order valence-corrected chi connectivity index (χ4v) is 5.77. The van der Waals surface area contributed by atoms with E-state index in [0.717, 1.165) is 22.4 Å². The quantitative estimate of drug-likeness (QED) is 0.561. The Kier molecular flexibility index (Phi) is 4.21. The van der Waals surface area contributed by atoms with E-state index in [1.165, 1.54) is 0 Å². The zero-order chi connectivity index (χ0) is 22.7. The van der Waals surface area contributed by atoms with E-state index >= 15 is 0 Å². The Labute approximate surface area is 189 Å². The molecule has 3 aromatic rings. The highest BCUT2D eigenvalue weighted by atomic mass is 16.7. The third kappa shape index (κ3) is 2.72. The molecule has 1 saturated carbocycles. The third-order valence-corrected chi connectivity index (χ3v) is 7.30. The lowest BCUT2D eigenvalue weighted by atomic mass is 9.59. The standard InChI is InChI=1S/C27H27NO4/c1-30-22-14-12-21(13-15-22)27(19-8-4-2-5-9-19,20-10-6-3-7-11-20)28-18-25-17-26(29)24(25)23(32-26)16-31-25/h2-15,23-24,28-29H,16-18H2,1H3/t23-,24?,25-,26?/m1/s1/i16T/t16?,23-,24?,25-,26?. The Morgan fingerprint density at radius 1 is 1.00 bits per heavy atom. The van der Waals surface area contributed by atoms with Gasteiger partial charge in [-0.2, -0.15) is 0 Å². The highest BCUT2D eigenvalue weighted by Gasteiger charge is 2.78. The lowest BCUT2D eigenvalue weighted by molar-refractivity contribution is -0.428. The minimum absolute atomic E-state index is 0.180. The molecule has 0 amide bonds. The Hall–Kier alpha value is -2.70. The lowest BCUT2D eigenvalue weighted by Gasteiger charge is -2.63. The third-order valence-electron chi connectivity index (χ3n) is 7.30. The van der Waals surface area contributed by atoms with Crippen LogP contribution in [0.2, 0.25) is 0 Å². The van der Waals surface area contributed by atoms with Crippen molar-refractivity contribution in [3.63, 3.8) is 0 Å². The van der Waals surface area contributed by atoms with E-state index in [1.807, 2.05) is 48.5 Å². The summed E-state index contributed by atoms with van der Waals surface area (Å²) in [6, 6.07) is 28.8. The highest BCUT2D eigenvalue weighted by Crippen LogP contribution is 2.64. The molecule has 0 radical (unpaired) electrons. The summed E-state index contributed by atoms with van der Waals surface area (Å²) in [7, 11) is 1.66. The van der Waals surface area contributed by atoms with Crippen molar-refractivity contribution in [2.24, 2.45) is 5.92 Å². The molecule has 164 valence electrons. The van der Waals surface area contributed by atoms with Crippen molar-refractivity contribution in [2.75, 3.05) is 20.2 Å². The minimum Gasteiger partial charge on any atom is -0.497 e. The van der Waals surface area contributed by atoms with Gasteiger partial charge in [-0.1, -0.05) is 72.8 Å². The predicted molar refractivity (Wildman–Crippen MR) is 120 cm³/mol. The molecule has 32 heavy (non-hydrogen) atoms. The SMILES string of the molecule is [3H]C1O[C@@]2(CNC(c3ccccc3)(c3ccccc3)c3ccc(OC)cc3)CC3(O)O[C@H]1C32. The largest absolute Gasteiger partial charge is 0.497 e. The molecule has 3 aliphatic rings. The van der Waals surface area contributed by atoms with Gasteiger partial charge < -0.3 is 19.3 Å². The van der Waals surface area contributed by atoms with Crippen molar-refractivity contribution < 1.29 is 20.7 Å². The zero-order valence-corrected chi connectivity index (χ0v) is 17.9. The van der Waals surface area contributed by atoms with Gasteiger partial charge in [-0.15, -0.1) is 0 Å². The van der Waals surface area contributed by atoms with Crippen molar-refractivity contribution in [1.29, 1.82) is 0 Å². The second kappa shape index (κ2) is 7.15. The number of nitrogens with one attached hydrogen (secondary N) is 1. The van der Waals surface area contributed by atoms with Crippen LogP contribution < -0.4 is 10.1 Å². The molecule has 0 bridgehead atoms. The summed E-state index contributed by atoms with van der Waals surface area (Å²) in [5, 5.41) is 14.5. The molecule has 3 aromatic carbocycles. The van der Waals surface area contributed by atoms with E-state index in [9.17, 15) is 5.11 Å². The van der Waals surface area contributed by atoms with Crippen molar-refractivity contribution in [3.05, 3.63) is 102 Å². The molecule has 2 saturated heterocycles. The topological polar surface area (TPSA) is 60.0 Å². The average molecular weight is 432 g/mol. The molecule has 6 rings (SSSR count). The first-order valence-corrected chi connectivity index (χ1v) is 11.0. The van der Waals surface area contributed by atoms with Crippen molar-refractivity contribution in [3.8, 4) is 5.75 Å². The summed E-state index contributed by atoms with van der Waals surface area (Å²) in [4.78, 5) is 0. The fraction of sp³-hybridized carbons (Fsp3) is 0.333. The van der Waals surface area contributed by atoms with Gasteiger partial charge in [0, 0.05) is 13.0 Å². The maximum absolute atomic E-state index is 10.6. The zero-order valence-electron chi connectivity index (χ0n) is 18.9. The van der Waals surface area contributed by atoms with Gasteiger partial charge in [0.25, 0.3) is 0 Å². The second-order valence-electron chi connectivity index (χ2n) is 8.96. The van der Waals surface area contributed by atoms with E-state index in [2.05, 4.69) is 41.7 Å². The average Bonchev–Trinajstić information content (AvgIpc) is 2.95. The smallest absolute Gasteiger partial charge is 0.177 e. The van der Waals surface area contributed by atoms with Gasteiger partial charge in [0.2, 0.25) is 0 Å². The number of benzene rings is 3. The van der Waals surface area contributed by atoms with Gasteiger partial charge in [0.1, 0.15) is 5.75 Å². The van der Waals surface area contributed by atoms with Gasteiger partial charge in [0.05, 0.1) is 38.2 Å². The van der Waals surface area contributed by atoms with Crippen LogP contribution in [0.4, 0.5) is 0 Å². The van der Waals surface area contributed by atoms with Crippen molar-refractivity contribution in [2.45, 2.75) is 29.5 Å². The number of aliphatic hydroxyl groups is 1. The summed E-state index contributed by atoms with van der Waals surface area (Å²) in [6.45, 7) is -0.297. The number of ether oxygens (including phenoxy) is 3. The van der Waals surface area contributed by atoms with Crippen LogP contribution in [0, 0.1) is 5.92 Å². The summed E-state index contributed by atoms with van der Waals surface area (Å²) in [5.41, 5.74) is 1.96. The van der Waals surface area contributed by atoms with Crippen LogP contribution in [0.5, 0.6) is 5.75 Å². The van der Waals surface area contributed by atoms with Gasteiger partial charge >= 0.3 is 0 Å². The van der Waals surface area contributed by atoms with Gasteiger partial charge in [0.15, 0.2) is 5.79 Å². The van der Waals surface area contributed by atoms with Crippen molar-refractivity contribution >= 4 is 0 Å². The molecule has 5 heteroatoms. The van der Waals surface area contributed by atoms with Crippen LogP contribution in [0.25, 0.3) is 0 Å². The van der Waals surface area contributed by atoms with Gasteiger partial charge in [-0.3, -0.25) is 5.32 Å². The van der Waals surface area contributed by atoms with Crippen LogP contribution >= 0.6 is 0 Å². The van der Waals surface area contributed by atoms with E-state index in [0.29, 0.717) is 13.0 Å². The van der Waals surface area contributed by atoms with E-state index in [4.69, 9.17) is 15.6 Å². The Morgan fingerprint density at radius 3 is 2.16 bits per heavy atom. The normalized spacial score (nSPS) is 32.9. The fourth-order valence-electron chi connectivity index (χ4n) is 5.77. The maximum atomic E-state index is 10.6. The van der Waals surface area contributed by atoms with Crippen LogP contribution in [-0.4, -0.2) is 42.8 Å². The van der Waals surface area contributed by atoms with Gasteiger partial charge in [-0.25, -0.2) is 0 Å². The molecule has 5 atom stereocenters. The molecule has 2 heterocycles. The van der Waals surface area contributed by atoms with E-state index in [1.54, 1.807) is 7.11 Å². The second-order valence-corrected chi connectivity index (χ2v) is 8.96. The van der Waals surface area contributed by atoms with Gasteiger partial charge in [-0.05, 0) is 28.8 Å². The number of methoxy groups -OCH3 is 1. The summed E-state index contributed by atoms with van der Waals surface area (Å²) in [6.07, 6.45) is 0.000575. The molecule has 1 aliphatic carbocycles.